The molecule has 5 heteroatoms. The quantitative estimate of drug-likeness (QED) is 0.353. The van der Waals surface area contributed by atoms with Crippen molar-refractivity contribution in [3.8, 4) is 0 Å². The summed E-state index contributed by atoms with van der Waals surface area (Å²) in [4.78, 5) is 22.7. The average Bonchev–Trinajstić information content (AvgIpc) is 2.86. The smallest absolute Gasteiger partial charge is 0.303 e. The molecule has 0 unspecified atom stereocenters. The summed E-state index contributed by atoms with van der Waals surface area (Å²) in [6, 6.07) is 0. The van der Waals surface area contributed by atoms with E-state index in [1.165, 1.54) is 0 Å². The number of aliphatic carboxylic acids is 1. The number of aliphatic hydroxyl groups excluding tert-OH is 2. The van der Waals surface area contributed by atoms with Gasteiger partial charge in [-0.1, -0.05) is 57.9 Å². The number of carbonyl (C=O) groups excluding carboxylic acids is 1. The summed E-state index contributed by atoms with van der Waals surface area (Å²) in [7, 11) is 0. The number of ketones is 1. The standard InChI is InChI=1S/C22H36O5/c1-4-5-14-22(2,3)20(25)13-12-17-16(18(23)15-19(17)24)10-8-6-7-9-11-21(26)27/h6,8,12-13,16-17,19-20,24-25H,4-5,7,9-11,14-15H2,1-3H3,(H,26,27)/b8-6+,13-12?/t16-,17-,19+,20+/m1/s1. The van der Waals surface area contributed by atoms with Crippen LogP contribution in [0, 0.1) is 17.3 Å². The third-order valence-corrected chi connectivity index (χ3v) is 5.54. The Morgan fingerprint density at radius 3 is 2.63 bits per heavy atom. The molecule has 0 saturated heterocycles. The summed E-state index contributed by atoms with van der Waals surface area (Å²) < 4.78 is 0. The van der Waals surface area contributed by atoms with Gasteiger partial charge in [0.2, 0.25) is 0 Å². The van der Waals surface area contributed by atoms with Crippen LogP contribution in [-0.4, -0.2) is 39.3 Å². The number of hydrogen-bond donors (Lipinski definition) is 3. The number of carboxylic acids is 1. The zero-order valence-electron chi connectivity index (χ0n) is 16.9. The van der Waals surface area contributed by atoms with Crippen LogP contribution in [0.1, 0.15) is 72.1 Å². The lowest BCUT2D eigenvalue weighted by atomic mass is 9.80. The maximum absolute atomic E-state index is 12.2. The van der Waals surface area contributed by atoms with E-state index in [4.69, 9.17) is 5.11 Å². The second-order valence-corrected chi connectivity index (χ2v) is 8.34. The second-order valence-electron chi connectivity index (χ2n) is 8.34. The number of Topliss-reactive ketones (excluding diaryl/α,β-unsaturated/α-hetero) is 1. The van der Waals surface area contributed by atoms with E-state index >= 15 is 0 Å². The summed E-state index contributed by atoms with van der Waals surface area (Å²) in [5.41, 5.74) is -0.236. The highest BCUT2D eigenvalue weighted by Crippen LogP contribution is 2.35. The van der Waals surface area contributed by atoms with Crippen molar-refractivity contribution in [3.63, 3.8) is 0 Å². The molecule has 3 N–H and O–H groups in total. The Morgan fingerprint density at radius 1 is 1.30 bits per heavy atom. The molecule has 1 rings (SSSR count). The van der Waals surface area contributed by atoms with Crippen molar-refractivity contribution < 1.29 is 24.9 Å². The van der Waals surface area contributed by atoms with E-state index in [9.17, 15) is 19.8 Å². The van der Waals surface area contributed by atoms with E-state index in [0.29, 0.717) is 19.3 Å². The van der Waals surface area contributed by atoms with Gasteiger partial charge in [0.25, 0.3) is 0 Å². The highest BCUT2D eigenvalue weighted by atomic mass is 16.4. The van der Waals surface area contributed by atoms with Gasteiger partial charge in [-0.2, -0.15) is 0 Å². The maximum Gasteiger partial charge on any atom is 0.303 e. The predicted molar refractivity (Wildman–Crippen MR) is 106 cm³/mol. The molecule has 0 spiro atoms. The normalized spacial score (nSPS) is 24.9. The van der Waals surface area contributed by atoms with Gasteiger partial charge >= 0.3 is 5.97 Å². The van der Waals surface area contributed by atoms with Crippen LogP contribution in [0.15, 0.2) is 24.3 Å². The summed E-state index contributed by atoms with van der Waals surface area (Å²) >= 11 is 0. The molecule has 0 aliphatic heterocycles. The van der Waals surface area contributed by atoms with Crippen LogP contribution < -0.4 is 0 Å². The van der Waals surface area contributed by atoms with Gasteiger partial charge < -0.3 is 15.3 Å². The summed E-state index contributed by atoms with van der Waals surface area (Å²) in [5, 5.41) is 29.4. The van der Waals surface area contributed by atoms with Crippen LogP contribution in [0.4, 0.5) is 0 Å². The second kappa shape index (κ2) is 11.4. The Kier molecular flexibility index (Phi) is 9.95. The van der Waals surface area contributed by atoms with E-state index in [2.05, 4.69) is 6.92 Å². The Balaban J connectivity index is 2.63. The largest absolute Gasteiger partial charge is 0.481 e. The minimum absolute atomic E-state index is 0.0482. The van der Waals surface area contributed by atoms with E-state index in [-0.39, 0.29) is 35.9 Å². The van der Waals surface area contributed by atoms with Gasteiger partial charge in [0.05, 0.1) is 12.2 Å². The summed E-state index contributed by atoms with van der Waals surface area (Å²) in [6.07, 6.45) is 11.2. The number of rotatable bonds is 12. The van der Waals surface area contributed by atoms with Crippen molar-refractivity contribution in [3.05, 3.63) is 24.3 Å². The highest BCUT2D eigenvalue weighted by Gasteiger charge is 2.39. The topological polar surface area (TPSA) is 94.8 Å². The molecule has 1 aliphatic rings. The molecular formula is C22H36O5. The highest BCUT2D eigenvalue weighted by molar-refractivity contribution is 5.84. The first-order chi connectivity index (χ1) is 12.7. The molecular weight excluding hydrogens is 344 g/mol. The molecule has 0 aromatic heterocycles. The Hall–Kier alpha value is -1.46. The number of carbonyl (C=O) groups is 2. The van der Waals surface area contributed by atoms with Crippen molar-refractivity contribution in [2.45, 2.75) is 84.3 Å². The molecule has 0 heterocycles. The van der Waals surface area contributed by atoms with Gasteiger partial charge in [-0.15, -0.1) is 0 Å². The molecule has 154 valence electrons. The van der Waals surface area contributed by atoms with E-state index < -0.39 is 18.2 Å². The SMILES string of the molecule is CCCCC(C)(C)[C@@H](O)C=C[C@H]1[C@@H](O)CC(=O)[C@@H]1C/C=C/CCCC(=O)O. The first kappa shape index (κ1) is 23.6. The number of unbranched alkanes of at least 4 members (excludes halogenated alkanes) is 2. The van der Waals surface area contributed by atoms with Crippen molar-refractivity contribution in [2.24, 2.45) is 17.3 Å². The Labute approximate surface area is 163 Å². The van der Waals surface area contributed by atoms with Crippen molar-refractivity contribution >= 4 is 11.8 Å². The predicted octanol–water partition coefficient (Wildman–Crippen LogP) is 3.89. The van der Waals surface area contributed by atoms with Gasteiger partial charge in [0.15, 0.2) is 0 Å². The fourth-order valence-electron chi connectivity index (χ4n) is 3.53. The number of aliphatic hydroxyl groups is 2. The minimum Gasteiger partial charge on any atom is -0.481 e. The van der Waals surface area contributed by atoms with Gasteiger partial charge in [-0.3, -0.25) is 9.59 Å². The lowest BCUT2D eigenvalue weighted by Gasteiger charge is -2.29. The fourth-order valence-corrected chi connectivity index (χ4v) is 3.53. The number of carboxylic acid groups (broad SMARTS) is 1. The van der Waals surface area contributed by atoms with E-state index in [1.54, 1.807) is 6.08 Å². The first-order valence-electron chi connectivity index (χ1n) is 10.1. The molecule has 1 fully saturated rings. The third-order valence-electron chi connectivity index (χ3n) is 5.54. The van der Waals surface area contributed by atoms with Crippen LogP contribution in [0.3, 0.4) is 0 Å². The van der Waals surface area contributed by atoms with Gasteiger partial charge in [-0.05, 0) is 31.1 Å². The van der Waals surface area contributed by atoms with Crippen molar-refractivity contribution in [1.82, 2.24) is 0 Å². The zero-order chi connectivity index (χ0) is 20.4. The van der Waals surface area contributed by atoms with Gasteiger partial charge in [0.1, 0.15) is 5.78 Å². The van der Waals surface area contributed by atoms with E-state index in [0.717, 1.165) is 19.3 Å². The first-order valence-corrected chi connectivity index (χ1v) is 10.1. The molecule has 0 aromatic rings. The number of hydrogen-bond acceptors (Lipinski definition) is 4. The molecule has 0 bridgehead atoms. The molecule has 0 radical (unpaired) electrons. The zero-order valence-corrected chi connectivity index (χ0v) is 16.9. The summed E-state index contributed by atoms with van der Waals surface area (Å²) in [5.74, 6) is -1.31. The van der Waals surface area contributed by atoms with Crippen LogP contribution in [0.25, 0.3) is 0 Å². The average molecular weight is 381 g/mol. The summed E-state index contributed by atoms with van der Waals surface area (Å²) in [6.45, 7) is 6.19. The Bertz CT molecular complexity index is 535. The van der Waals surface area contributed by atoms with Gasteiger partial charge in [0, 0.05) is 24.7 Å². The van der Waals surface area contributed by atoms with Crippen LogP contribution in [-0.2, 0) is 9.59 Å². The maximum atomic E-state index is 12.2. The molecule has 27 heavy (non-hydrogen) atoms. The van der Waals surface area contributed by atoms with Crippen molar-refractivity contribution in [2.75, 3.05) is 0 Å². The monoisotopic (exact) mass is 380 g/mol. The molecule has 0 amide bonds. The minimum atomic E-state index is -0.803. The van der Waals surface area contributed by atoms with Crippen LogP contribution in [0.2, 0.25) is 0 Å². The van der Waals surface area contributed by atoms with E-state index in [1.807, 2.05) is 32.1 Å². The molecule has 4 atom stereocenters. The molecule has 1 saturated carbocycles. The van der Waals surface area contributed by atoms with Crippen molar-refractivity contribution in [1.29, 1.82) is 0 Å². The lowest BCUT2D eigenvalue weighted by molar-refractivity contribution is -0.137. The van der Waals surface area contributed by atoms with Gasteiger partial charge in [-0.25, -0.2) is 0 Å². The number of allylic oxidation sites excluding steroid dienone is 2. The third kappa shape index (κ3) is 7.97. The fraction of sp³-hybridized carbons (Fsp3) is 0.727. The lowest BCUT2D eigenvalue weighted by Crippen LogP contribution is -2.28. The van der Waals surface area contributed by atoms with Crippen LogP contribution in [0.5, 0.6) is 0 Å². The Morgan fingerprint density at radius 2 is 2.00 bits per heavy atom. The molecule has 0 aromatic carbocycles. The molecule has 1 aliphatic carbocycles. The molecule has 5 nitrogen and oxygen atoms in total. The van der Waals surface area contributed by atoms with Crippen LogP contribution >= 0.6 is 0 Å².